The quantitative estimate of drug-likeness (QED) is 0.713. The van der Waals surface area contributed by atoms with Crippen molar-refractivity contribution in [1.29, 1.82) is 0 Å². The third-order valence-electron chi connectivity index (χ3n) is 5.22. The number of anilines is 2. The molecule has 0 radical (unpaired) electrons. The van der Waals surface area contributed by atoms with Gasteiger partial charge in [-0.25, -0.2) is 9.97 Å². The van der Waals surface area contributed by atoms with Crippen LogP contribution >= 0.6 is 0 Å². The summed E-state index contributed by atoms with van der Waals surface area (Å²) in [6.45, 7) is 2.04. The predicted molar refractivity (Wildman–Crippen MR) is 112 cm³/mol. The predicted octanol–water partition coefficient (Wildman–Crippen LogP) is 3.51. The summed E-state index contributed by atoms with van der Waals surface area (Å²) in [6.07, 6.45) is 8.47. The fourth-order valence-corrected chi connectivity index (χ4v) is 3.68. The molecule has 0 aliphatic carbocycles. The lowest BCUT2D eigenvalue weighted by Crippen LogP contribution is -2.31. The van der Waals surface area contributed by atoms with Crippen molar-refractivity contribution < 1.29 is 14.3 Å². The van der Waals surface area contributed by atoms with E-state index < -0.39 is 0 Å². The van der Waals surface area contributed by atoms with Crippen molar-refractivity contribution in [1.82, 2.24) is 15.0 Å². The number of ether oxygens (including phenoxy) is 2. The lowest BCUT2D eigenvalue weighted by atomic mass is 10.1. The second-order valence-corrected chi connectivity index (χ2v) is 7.24. The molecule has 1 saturated heterocycles. The normalized spacial score (nSPS) is 15.1. The van der Waals surface area contributed by atoms with Crippen LogP contribution in [0.1, 0.15) is 29.6 Å². The zero-order chi connectivity index (χ0) is 20.3. The highest BCUT2D eigenvalue weighted by atomic mass is 16.7. The number of carbonyl (C=O) groups excluding carboxylic acids is 1. The SMILES string of the molecule is O=C(Nc1ccc2c(c1)OCO2)c1cnc(N2CCCCC2)nc1-c1cccnc1. The summed E-state index contributed by atoms with van der Waals surface area (Å²) in [7, 11) is 0. The largest absolute Gasteiger partial charge is 0.454 e. The molecule has 1 amide bonds. The van der Waals surface area contributed by atoms with Crippen molar-refractivity contribution in [3.63, 3.8) is 0 Å². The lowest BCUT2D eigenvalue weighted by molar-refractivity contribution is 0.102. The first-order valence-electron chi connectivity index (χ1n) is 10.0. The summed E-state index contributed by atoms with van der Waals surface area (Å²) in [5.41, 5.74) is 2.34. The molecule has 152 valence electrons. The van der Waals surface area contributed by atoms with Crippen LogP contribution in [0, 0.1) is 0 Å². The number of aromatic nitrogens is 3. The molecule has 30 heavy (non-hydrogen) atoms. The molecule has 5 rings (SSSR count). The molecule has 3 aromatic rings. The Bertz CT molecular complexity index is 1070. The van der Waals surface area contributed by atoms with Crippen molar-refractivity contribution in [2.45, 2.75) is 19.3 Å². The van der Waals surface area contributed by atoms with E-state index in [4.69, 9.17) is 14.5 Å². The Labute approximate surface area is 173 Å². The summed E-state index contributed by atoms with van der Waals surface area (Å²) in [6, 6.07) is 9.02. The minimum Gasteiger partial charge on any atom is -0.454 e. The van der Waals surface area contributed by atoms with E-state index in [9.17, 15) is 4.79 Å². The van der Waals surface area contributed by atoms with Gasteiger partial charge in [0.05, 0.1) is 11.3 Å². The molecule has 1 fully saturated rings. The van der Waals surface area contributed by atoms with Gasteiger partial charge in [0.1, 0.15) is 0 Å². The van der Waals surface area contributed by atoms with E-state index in [1.54, 1.807) is 36.8 Å². The van der Waals surface area contributed by atoms with Crippen molar-refractivity contribution in [3.05, 3.63) is 54.5 Å². The first kappa shape index (κ1) is 18.4. The number of rotatable bonds is 4. The van der Waals surface area contributed by atoms with Gasteiger partial charge in [0.25, 0.3) is 5.91 Å². The van der Waals surface area contributed by atoms with Crippen LogP contribution in [0.5, 0.6) is 11.5 Å². The monoisotopic (exact) mass is 403 g/mol. The van der Waals surface area contributed by atoms with Crippen LogP contribution in [-0.2, 0) is 0 Å². The van der Waals surface area contributed by atoms with Crippen LogP contribution in [0.25, 0.3) is 11.3 Å². The van der Waals surface area contributed by atoms with Crippen molar-refractivity contribution in [2.75, 3.05) is 30.1 Å². The van der Waals surface area contributed by atoms with Gasteiger partial charge in [-0.2, -0.15) is 0 Å². The average Bonchev–Trinajstić information content (AvgIpc) is 3.28. The number of carbonyl (C=O) groups is 1. The molecule has 8 heteroatoms. The zero-order valence-electron chi connectivity index (χ0n) is 16.4. The molecule has 2 aliphatic rings. The number of amides is 1. The van der Waals surface area contributed by atoms with Crippen molar-refractivity contribution in [3.8, 4) is 22.8 Å². The summed E-state index contributed by atoms with van der Waals surface area (Å²) < 4.78 is 10.7. The van der Waals surface area contributed by atoms with E-state index in [2.05, 4.69) is 20.2 Å². The van der Waals surface area contributed by atoms with Gasteiger partial charge >= 0.3 is 0 Å². The van der Waals surface area contributed by atoms with Gasteiger partial charge in [-0.3, -0.25) is 9.78 Å². The summed E-state index contributed by atoms with van der Waals surface area (Å²) in [5.74, 6) is 1.63. The number of benzene rings is 1. The average molecular weight is 403 g/mol. The molecule has 2 aromatic heterocycles. The zero-order valence-corrected chi connectivity index (χ0v) is 16.4. The van der Waals surface area contributed by atoms with Gasteiger partial charge in [-0.05, 0) is 43.5 Å². The number of piperidine rings is 1. The van der Waals surface area contributed by atoms with Gasteiger partial charge in [0, 0.05) is 49.0 Å². The third kappa shape index (κ3) is 3.63. The number of fused-ring (bicyclic) bond motifs is 1. The molecular weight excluding hydrogens is 382 g/mol. The molecule has 0 spiro atoms. The molecular formula is C22H21N5O3. The summed E-state index contributed by atoms with van der Waals surface area (Å²) in [4.78, 5) is 28.7. The van der Waals surface area contributed by atoms with Gasteiger partial charge in [0.2, 0.25) is 12.7 Å². The highest BCUT2D eigenvalue weighted by Crippen LogP contribution is 2.34. The Kier molecular flexibility index (Phi) is 4.88. The van der Waals surface area contributed by atoms with Crippen LogP contribution in [-0.4, -0.2) is 40.7 Å². The van der Waals surface area contributed by atoms with Crippen LogP contribution in [0.2, 0.25) is 0 Å². The van der Waals surface area contributed by atoms with E-state index >= 15 is 0 Å². The highest BCUT2D eigenvalue weighted by Gasteiger charge is 2.21. The minimum absolute atomic E-state index is 0.184. The van der Waals surface area contributed by atoms with Crippen molar-refractivity contribution in [2.24, 2.45) is 0 Å². The van der Waals surface area contributed by atoms with Crippen molar-refractivity contribution >= 4 is 17.5 Å². The molecule has 0 bridgehead atoms. The van der Waals surface area contributed by atoms with Gasteiger partial charge in [-0.1, -0.05) is 0 Å². The lowest BCUT2D eigenvalue weighted by Gasteiger charge is -2.27. The van der Waals surface area contributed by atoms with E-state index in [1.807, 2.05) is 12.1 Å². The van der Waals surface area contributed by atoms with Gasteiger partial charge in [-0.15, -0.1) is 0 Å². The Morgan fingerprint density at radius 3 is 2.73 bits per heavy atom. The Morgan fingerprint density at radius 1 is 1.03 bits per heavy atom. The van der Waals surface area contributed by atoms with E-state index in [-0.39, 0.29) is 12.7 Å². The molecule has 1 aromatic carbocycles. The fourth-order valence-electron chi connectivity index (χ4n) is 3.68. The molecule has 0 atom stereocenters. The number of hydrogen-bond acceptors (Lipinski definition) is 7. The second kappa shape index (κ2) is 7.98. The maximum absolute atomic E-state index is 13.1. The summed E-state index contributed by atoms with van der Waals surface area (Å²) >= 11 is 0. The van der Waals surface area contributed by atoms with Crippen LogP contribution in [0.15, 0.2) is 48.9 Å². The standard InChI is InChI=1S/C22H21N5O3/c28-21(25-16-6-7-18-19(11-16)30-14-29-18)17-13-24-22(27-9-2-1-3-10-27)26-20(17)15-5-4-8-23-12-15/h4-8,11-13H,1-3,9-10,14H2,(H,25,28). The van der Waals surface area contributed by atoms with Gasteiger partial charge < -0.3 is 19.7 Å². The molecule has 8 nitrogen and oxygen atoms in total. The Morgan fingerprint density at radius 2 is 1.90 bits per heavy atom. The smallest absolute Gasteiger partial charge is 0.259 e. The summed E-state index contributed by atoms with van der Waals surface area (Å²) in [5, 5.41) is 2.91. The van der Waals surface area contributed by atoms with E-state index in [1.165, 1.54) is 6.42 Å². The number of hydrogen-bond donors (Lipinski definition) is 1. The molecule has 0 unspecified atom stereocenters. The highest BCUT2D eigenvalue weighted by molar-refractivity contribution is 6.08. The fraction of sp³-hybridized carbons (Fsp3) is 0.273. The maximum atomic E-state index is 13.1. The van der Waals surface area contributed by atoms with Crippen LogP contribution < -0.4 is 19.7 Å². The number of nitrogens with zero attached hydrogens (tertiary/aromatic N) is 4. The molecule has 4 heterocycles. The first-order valence-corrected chi connectivity index (χ1v) is 10.0. The van der Waals surface area contributed by atoms with Crippen LogP contribution in [0.4, 0.5) is 11.6 Å². The molecule has 0 saturated carbocycles. The van der Waals surface area contributed by atoms with E-state index in [0.717, 1.165) is 31.5 Å². The van der Waals surface area contributed by atoms with E-state index in [0.29, 0.717) is 34.4 Å². The van der Waals surface area contributed by atoms with Crippen LogP contribution in [0.3, 0.4) is 0 Å². The Hall–Kier alpha value is -3.68. The Balaban J connectivity index is 1.47. The second-order valence-electron chi connectivity index (χ2n) is 7.24. The molecule has 1 N–H and O–H groups in total. The number of pyridine rings is 1. The maximum Gasteiger partial charge on any atom is 0.259 e. The number of nitrogens with one attached hydrogen (secondary N) is 1. The first-order chi connectivity index (χ1) is 14.8. The van der Waals surface area contributed by atoms with Gasteiger partial charge in [0.15, 0.2) is 11.5 Å². The minimum atomic E-state index is -0.294. The molecule has 2 aliphatic heterocycles. The topological polar surface area (TPSA) is 89.5 Å². The third-order valence-corrected chi connectivity index (χ3v) is 5.22.